The van der Waals surface area contributed by atoms with E-state index < -0.39 is 0 Å². The molecule has 3 aromatic rings. The second kappa shape index (κ2) is 8.72. The maximum absolute atomic E-state index is 11.9. The number of hydrogen-bond acceptors (Lipinski definition) is 3. The summed E-state index contributed by atoms with van der Waals surface area (Å²) in [6.07, 6.45) is 0.978. The highest BCUT2D eigenvalue weighted by Gasteiger charge is 2.07. The molecule has 1 N–H and O–H groups in total. The highest BCUT2D eigenvalue weighted by molar-refractivity contribution is 9.10. The van der Waals surface area contributed by atoms with Crippen molar-refractivity contribution in [2.24, 2.45) is 0 Å². The topological polar surface area (TPSA) is 51.5 Å². The van der Waals surface area contributed by atoms with Gasteiger partial charge in [0, 0.05) is 10.0 Å². The second-order valence-corrected chi connectivity index (χ2v) is 6.75. The molecule has 0 spiro atoms. The number of benzene rings is 2. The lowest BCUT2D eigenvalue weighted by molar-refractivity contribution is -0.123. The minimum atomic E-state index is -0.189. The lowest BCUT2D eigenvalue weighted by atomic mass is 10.2. The van der Waals surface area contributed by atoms with Gasteiger partial charge in [-0.1, -0.05) is 47.1 Å². The second-order valence-electron chi connectivity index (χ2n) is 5.84. The van der Waals surface area contributed by atoms with Gasteiger partial charge in [-0.2, -0.15) is 0 Å². The third-order valence-corrected chi connectivity index (χ3v) is 4.48. The smallest absolute Gasteiger partial charge is 0.258 e. The zero-order valence-corrected chi connectivity index (χ0v) is 16.1. The number of carbonyl (C=O) groups is 1. The number of halogens is 1. The standard InChI is InChI=1S/C21H20BrNO3/c1-2-15-3-9-18(10-4-15)25-14-21(24)23-13-19-11-12-20(26-19)16-5-7-17(22)8-6-16/h3-12H,2,13-14H2,1H3,(H,23,24). The van der Waals surface area contributed by atoms with E-state index in [1.165, 1.54) is 5.56 Å². The van der Waals surface area contributed by atoms with E-state index in [4.69, 9.17) is 9.15 Å². The van der Waals surface area contributed by atoms with Gasteiger partial charge in [-0.25, -0.2) is 0 Å². The molecule has 4 nitrogen and oxygen atoms in total. The van der Waals surface area contributed by atoms with Crippen LogP contribution in [0.15, 0.2) is 69.6 Å². The highest BCUT2D eigenvalue weighted by atomic mass is 79.9. The first-order valence-corrected chi connectivity index (χ1v) is 9.26. The fraction of sp³-hybridized carbons (Fsp3) is 0.190. The zero-order valence-electron chi connectivity index (χ0n) is 14.5. The molecule has 0 unspecified atom stereocenters. The van der Waals surface area contributed by atoms with Gasteiger partial charge >= 0.3 is 0 Å². The largest absolute Gasteiger partial charge is 0.484 e. The van der Waals surface area contributed by atoms with Gasteiger partial charge in [0.05, 0.1) is 6.54 Å². The number of rotatable bonds is 7. The van der Waals surface area contributed by atoms with Crippen LogP contribution >= 0.6 is 15.9 Å². The van der Waals surface area contributed by atoms with E-state index in [1.54, 1.807) is 0 Å². The Morgan fingerprint density at radius 2 is 1.77 bits per heavy atom. The SMILES string of the molecule is CCc1ccc(OCC(=O)NCc2ccc(-c3ccc(Br)cc3)o2)cc1. The molecule has 1 amide bonds. The molecule has 0 radical (unpaired) electrons. The molecule has 0 aliphatic rings. The fourth-order valence-electron chi connectivity index (χ4n) is 2.45. The Kier molecular flexibility index (Phi) is 6.12. The number of nitrogens with one attached hydrogen (secondary N) is 1. The van der Waals surface area contributed by atoms with Crippen LogP contribution in [0.2, 0.25) is 0 Å². The molecule has 1 heterocycles. The van der Waals surface area contributed by atoms with Gasteiger partial charge in [0.2, 0.25) is 0 Å². The summed E-state index contributed by atoms with van der Waals surface area (Å²) in [5.74, 6) is 1.97. The van der Waals surface area contributed by atoms with E-state index in [0.29, 0.717) is 18.1 Å². The van der Waals surface area contributed by atoms with Crippen molar-refractivity contribution >= 4 is 21.8 Å². The van der Waals surface area contributed by atoms with E-state index in [9.17, 15) is 4.79 Å². The molecule has 2 aromatic carbocycles. The minimum absolute atomic E-state index is 0.0221. The lowest BCUT2D eigenvalue weighted by Crippen LogP contribution is -2.28. The summed E-state index contributed by atoms with van der Waals surface area (Å²) in [7, 11) is 0. The maximum atomic E-state index is 11.9. The molecule has 1 aromatic heterocycles. The van der Waals surface area contributed by atoms with Gasteiger partial charge in [-0.05, 0) is 48.4 Å². The third-order valence-electron chi connectivity index (χ3n) is 3.95. The summed E-state index contributed by atoms with van der Waals surface area (Å²) in [5, 5.41) is 2.80. The summed E-state index contributed by atoms with van der Waals surface area (Å²) in [4.78, 5) is 11.9. The molecule has 26 heavy (non-hydrogen) atoms. The van der Waals surface area contributed by atoms with E-state index in [-0.39, 0.29) is 12.5 Å². The molecule has 0 fully saturated rings. The monoisotopic (exact) mass is 413 g/mol. The quantitative estimate of drug-likeness (QED) is 0.594. The van der Waals surface area contributed by atoms with E-state index in [0.717, 1.165) is 22.2 Å². The number of carbonyl (C=O) groups excluding carboxylic acids is 1. The average Bonchev–Trinajstić information content (AvgIpc) is 3.14. The van der Waals surface area contributed by atoms with Crippen molar-refractivity contribution in [2.45, 2.75) is 19.9 Å². The van der Waals surface area contributed by atoms with Crippen molar-refractivity contribution in [3.63, 3.8) is 0 Å². The number of ether oxygens (including phenoxy) is 1. The van der Waals surface area contributed by atoms with Crippen LogP contribution in [0.1, 0.15) is 18.2 Å². The predicted molar refractivity (Wildman–Crippen MR) is 105 cm³/mol. The number of furan rings is 1. The van der Waals surface area contributed by atoms with Crippen LogP contribution in [0.5, 0.6) is 5.75 Å². The van der Waals surface area contributed by atoms with Crippen molar-refractivity contribution in [1.82, 2.24) is 5.32 Å². The summed E-state index contributed by atoms with van der Waals surface area (Å²) in [5.41, 5.74) is 2.23. The Balaban J connectivity index is 1.47. The van der Waals surface area contributed by atoms with Crippen molar-refractivity contribution in [1.29, 1.82) is 0 Å². The van der Waals surface area contributed by atoms with Crippen LogP contribution in [0.4, 0.5) is 0 Å². The molecule has 0 saturated carbocycles. The predicted octanol–water partition coefficient (Wildman–Crippen LogP) is 4.97. The number of hydrogen-bond donors (Lipinski definition) is 1. The maximum Gasteiger partial charge on any atom is 0.258 e. The van der Waals surface area contributed by atoms with Gasteiger partial charge in [0.15, 0.2) is 6.61 Å². The molecule has 5 heteroatoms. The van der Waals surface area contributed by atoms with Crippen molar-refractivity contribution in [2.75, 3.05) is 6.61 Å². The number of aryl methyl sites for hydroxylation is 1. The molecule has 3 rings (SSSR count). The summed E-state index contributed by atoms with van der Waals surface area (Å²) < 4.78 is 12.3. The lowest BCUT2D eigenvalue weighted by Gasteiger charge is -2.07. The number of amides is 1. The Bertz CT molecular complexity index is 854. The van der Waals surface area contributed by atoms with E-state index >= 15 is 0 Å². The molecule has 134 valence electrons. The first-order chi connectivity index (χ1) is 12.6. The van der Waals surface area contributed by atoms with Gasteiger partial charge in [0.25, 0.3) is 5.91 Å². The van der Waals surface area contributed by atoms with Gasteiger partial charge in [-0.3, -0.25) is 4.79 Å². The molecule has 0 saturated heterocycles. The summed E-state index contributed by atoms with van der Waals surface area (Å²) in [6, 6.07) is 19.4. The Hall–Kier alpha value is -2.53. The summed E-state index contributed by atoms with van der Waals surface area (Å²) in [6.45, 7) is 2.40. The Morgan fingerprint density at radius 1 is 1.04 bits per heavy atom. The highest BCUT2D eigenvalue weighted by Crippen LogP contribution is 2.23. The van der Waals surface area contributed by atoms with Crippen LogP contribution in [0.25, 0.3) is 11.3 Å². The zero-order chi connectivity index (χ0) is 18.4. The van der Waals surface area contributed by atoms with Crippen LogP contribution in [-0.2, 0) is 17.8 Å². The van der Waals surface area contributed by atoms with Crippen molar-refractivity contribution < 1.29 is 13.9 Å². The molecule has 0 aliphatic heterocycles. The molecular weight excluding hydrogens is 394 g/mol. The minimum Gasteiger partial charge on any atom is -0.484 e. The van der Waals surface area contributed by atoms with Gasteiger partial charge < -0.3 is 14.5 Å². The van der Waals surface area contributed by atoms with Crippen LogP contribution < -0.4 is 10.1 Å². The van der Waals surface area contributed by atoms with Crippen molar-refractivity contribution in [3.05, 3.63) is 76.5 Å². The normalized spacial score (nSPS) is 10.5. The average molecular weight is 414 g/mol. The molecular formula is C21H20BrNO3. The van der Waals surface area contributed by atoms with Crippen LogP contribution in [0, 0.1) is 0 Å². The Labute approximate surface area is 161 Å². The fourth-order valence-corrected chi connectivity index (χ4v) is 2.71. The van der Waals surface area contributed by atoms with Gasteiger partial charge in [0.1, 0.15) is 17.3 Å². The van der Waals surface area contributed by atoms with E-state index in [2.05, 4.69) is 28.2 Å². The molecule has 0 aliphatic carbocycles. The third kappa shape index (κ3) is 4.99. The molecule has 0 bridgehead atoms. The first-order valence-electron chi connectivity index (χ1n) is 8.47. The summed E-state index contributed by atoms with van der Waals surface area (Å²) >= 11 is 3.41. The Morgan fingerprint density at radius 3 is 2.46 bits per heavy atom. The van der Waals surface area contributed by atoms with E-state index in [1.807, 2.05) is 60.7 Å². The molecule has 0 atom stereocenters. The van der Waals surface area contributed by atoms with Crippen molar-refractivity contribution in [3.8, 4) is 17.1 Å². The van der Waals surface area contributed by atoms with Gasteiger partial charge in [-0.15, -0.1) is 0 Å². The first kappa shape index (κ1) is 18.3. The van der Waals surface area contributed by atoms with Crippen LogP contribution in [-0.4, -0.2) is 12.5 Å². The van der Waals surface area contributed by atoms with Crippen LogP contribution in [0.3, 0.4) is 0 Å².